The second kappa shape index (κ2) is 10.9. The third-order valence-corrected chi connectivity index (χ3v) is 11.7. The van der Waals surface area contributed by atoms with E-state index in [0.717, 1.165) is 4.78 Å². The number of hydrogen-bond acceptors (Lipinski definition) is 3. The van der Waals surface area contributed by atoms with E-state index in [1.54, 1.807) is 11.3 Å². The van der Waals surface area contributed by atoms with E-state index >= 15 is 0 Å². The van der Waals surface area contributed by atoms with Crippen LogP contribution in [-0.2, 0) is 9.31 Å². The minimum atomic E-state index is -0.375. The molecular weight excluding hydrogens is 603 g/mol. The molecule has 9 rings (SSSR count). The Hall–Kier alpha value is -4.74. The van der Waals surface area contributed by atoms with Crippen LogP contribution in [-0.4, -0.2) is 18.3 Å². The fourth-order valence-electron chi connectivity index (χ4n) is 7.24. The summed E-state index contributed by atoms with van der Waals surface area (Å²) in [5, 5.41) is 10.00. The number of thiophene rings is 1. The standard InChI is InChI=1S/C44H35BO2S/c1-43(2)44(3,4)47-45(46-43)40-24-23-39(48-40)32-21-22-37-38(27-32)42(34-20-18-29-12-6-8-14-31(29)26-34)36-16-10-9-15-35(36)41(37)33-19-17-28-11-5-7-13-30(28)25-33/h5-27H,1-4H3. The largest absolute Gasteiger partial charge is 0.505 e. The minimum Gasteiger partial charge on any atom is -0.399 e. The summed E-state index contributed by atoms with van der Waals surface area (Å²) in [4.78, 5) is 1.20. The average Bonchev–Trinajstić information content (AvgIpc) is 3.68. The molecule has 0 bridgehead atoms. The Labute approximate surface area is 285 Å². The highest BCUT2D eigenvalue weighted by molar-refractivity contribution is 7.25. The van der Waals surface area contributed by atoms with Gasteiger partial charge in [0.25, 0.3) is 0 Å². The van der Waals surface area contributed by atoms with Crippen LogP contribution >= 0.6 is 11.3 Å². The van der Waals surface area contributed by atoms with Gasteiger partial charge in [-0.15, -0.1) is 11.3 Å². The van der Waals surface area contributed by atoms with Crippen LogP contribution in [0.25, 0.3) is 75.8 Å². The van der Waals surface area contributed by atoms with E-state index in [2.05, 4.69) is 167 Å². The number of hydrogen-bond donors (Lipinski definition) is 0. The van der Waals surface area contributed by atoms with Gasteiger partial charge in [-0.3, -0.25) is 0 Å². The minimum absolute atomic E-state index is 0.370. The highest BCUT2D eigenvalue weighted by Crippen LogP contribution is 2.46. The lowest BCUT2D eigenvalue weighted by Gasteiger charge is -2.32. The van der Waals surface area contributed by atoms with Gasteiger partial charge in [-0.2, -0.15) is 0 Å². The van der Waals surface area contributed by atoms with Gasteiger partial charge in [0.2, 0.25) is 0 Å². The molecule has 2 nitrogen and oxygen atoms in total. The van der Waals surface area contributed by atoms with Crippen molar-refractivity contribution in [2.75, 3.05) is 0 Å². The van der Waals surface area contributed by atoms with Crippen molar-refractivity contribution in [1.82, 2.24) is 0 Å². The van der Waals surface area contributed by atoms with Crippen molar-refractivity contribution < 1.29 is 9.31 Å². The van der Waals surface area contributed by atoms with Gasteiger partial charge in [-0.05, 0) is 123 Å². The second-order valence-electron chi connectivity index (χ2n) is 14.0. The van der Waals surface area contributed by atoms with Gasteiger partial charge in [0, 0.05) is 9.65 Å². The van der Waals surface area contributed by atoms with Gasteiger partial charge in [0.05, 0.1) is 11.2 Å². The maximum Gasteiger partial charge on any atom is 0.505 e. The van der Waals surface area contributed by atoms with Crippen LogP contribution in [0, 0.1) is 0 Å². The predicted octanol–water partition coefficient (Wildman–Crippen LogP) is 11.7. The molecule has 0 aliphatic carbocycles. The van der Waals surface area contributed by atoms with Gasteiger partial charge < -0.3 is 9.31 Å². The van der Waals surface area contributed by atoms with E-state index in [1.165, 1.54) is 75.8 Å². The van der Waals surface area contributed by atoms with E-state index in [4.69, 9.17) is 9.31 Å². The fourth-order valence-corrected chi connectivity index (χ4v) is 8.20. The average molecular weight is 639 g/mol. The molecule has 8 aromatic rings. The van der Waals surface area contributed by atoms with Crippen molar-refractivity contribution >= 4 is 66.3 Å². The van der Waals surface area contributed by atoms with Crippen molar-refractivity contribution in [3.63, 3.8) is 0 Å². The molecule has 48 heavy (non-hydrogen) atoms. The summed E-state index contributed by atoms with van der Waals surface area (Å²) in [5.74, 6) is 0. The Balaban J connectivity index is 1.29. The molecule has 0 atom stereocenters. The van der Waals surface area contributed by atoms with Crippen LogP contribution in [0.2, 0.25) is 0 Å². The molecule has 7 aromatic carbocycles. The molecule has 0 saturated carbocycles. The van der Waals surface area contributed by atoms with Gasteiger partial charge >= 0.3 is 7.12 Å². The molecule has 4 heteroatoms. The lowest BCUT2D eigenvalue weighted by molar-refractivity contribution is 0.00578. The third kappa shape index (κ3) is 4.70. The lowest BCUT2D eigenvalue weighted by atomic mass is 9.84. The van der Waals surface area contributed by atoms with Crippen molar-refractivity contribution in [2.24, 2.45) is 0 Å². The van der Waals surface area contributed by atoms with E-state index < -0.39 is 0 Å². The fraction of sp³-hybridized carbons (Fsp3) is 0.136. The highest BCUT2D eigenvalue weighted by Gasteiger charge is 2.52. The van der Waals surface area contributed by atoms with Gasteiger partial charge in [-0.25, -0.2) is 0 Å². The summed E-state index contributed by atoms with van der Waals surface area (Å²) in [5.41, 5.74) is 5.43. The van der Waals surface area contributed by atoms with Crippen LogP contribution in [0.4, 0.5) is 0 Å². The Morgan fingerprint density at radius 3 is 1.50 bits per heavy atom. The second-order valence-corrected chi connectivity index (χ2v) is 15.1. The van der Waals surface area contributed by atoms with Crippen LogP contribution in [0.3, 0.4) is 0 Å². The molecule has 0 spiro atoms. The predicted molar refractivity (Wildman–Crippen MR) is 206 cm³/mol. The molecule has 0 N–H and O–H groups in total. The van der Waals surface area contributed by atoms with Crippen LogP contribution in [0.1, 0.15) is 27.7 Å². The van der Waals surface area contributed by atoms with Gasteiger partial charge in [-0.1, -0.05) is 115 Å². The maximum atomic E-state index is 6.41. The van der Waals surface area contributed by atoms with E-state index in [0.29, 0.717) is 0 Å². The van der Waals surface area contributed by atoms with E-state index in [9.17, 15) is 0 Å². The van der Waals surface area contributed by atoms with Crippen molar-refractivity contribution in [2.45, 2.75) is 38.9 Å². The van der Waals surface area contributed by atoms with E-state index in [1.807, 2.05) is 0 Å². The molecule has 1 aromatic heterocycles. The normalized spacial score (nSPS) is 15.6. The molecule has 1 fully saturated rings. The zero-order valence-electron chi connectivity index (χ0n) is 27.6. The summed E-state index contributed by atoms with van der Waals surface area (Å²) in [6, 6.07) is 51.3. The topological polar surface area (TPSA) is 18.5 Å². The van der Waals surface area contributed by atoms with Crippen LogP contribution < -0.4 is 4.78 Å². The molecule has 1 aliphatic rings. The van der Waals surface area contributed by atoms with Crippen molar-refractivity contribution in [1.29, 1.82) is 0 Å². The Morgan fingerprint density at radius 1 is 0.438 bits per heavy atom. The summed E-state index contributed by atoms with van der Waals surface area (Å²) >= 11 is 1.75. The molecule has 1 saturated heterocycles. The Morgan fingerprint density at radius 2 is 0.917 bits per heavy atom. The molecular formula is C44H35BO2S. The first kappa shape index (κ1) is 29.4. The smallest absolute Gasteiger partial charge is 0.399 e. The molecule has 0 amide bonds. The summed E-state index contributed by atoms with van der Waals surface area (Å²) in [6.45, 7) is 8.43. The zero-order valence-corrected chi connectivity index (χ0v) is 28.4. The first-order valence-electron chi connectivity index (χ1n) is 16.7. The molecule has 232 valence electrons. The highest BCUT2D eigenvalue weighted by atomic mass is 32.1. The van der Waals surface area contributed by atoms with E-state index in [-0.39, 0.29) is 18.3 Å². The first-order chi connectivity index (χ1) is 23.3. The summed E-state index contributed by atoms with van der Waals surface area (Å²) < 4.78 is 13.9. The summed E-state index contributed by atoms with van der Waals surface area (Å²) in [7, 11) is -0.370. The molecule has 0 radical (unpaired) electrons. The molecule has 2 heterocycles. The molecule has 0 unspecified atom stereocenters. The Bertz CT molecular complexity index is 2530. The Kier molecular flexibility index (Phi) is 6.68. The maximum absolute atomic E-state index is 6.41. The van der Waals surface area contributed by atoms with Crippen LogP contribution in [0.5, 0.6) is 0 Å². The number of fused-ring (bicyclic) bond motifs is 4. The SMILES string of the molecule is CC1(C)OB(c2ccc(-c3ccc4c(-c5ccc6ccccc6c5)c5ccccc5c(-c5ccc6ccccc6c5)c4c3)s2)OC1(C)C. The zero-order chi connectivity index (χ0) is 32.6. The number of rotatable bonds is 4. The third-order valence-electron chi connectivity index (χ3n) is 10.5. The summed E-state index contributed by atoms with van der Waals surface area (Å²) in [6.07, 6.45) is 0. The van der Waals surface area contributed by atoms with Crippen LogP contribution in [0.15, 0.2) is 140 Å². The van der Waals surface area contributed by atoms with Crippen molar-refractivity contribution in [3.8, 4) is 32.7 Å². The first-order valence-corrected chi connectivity index (χ1v) is 17.5. The quantitative estimate of drug-likeness (QED) is 0.141. The van der Waals surface area contributed by atoms with Crippen molar-refractivity contribution in [3.05, 3.63) is 140 Å². The lowest BCUT2D eigenvalue weighted by Crippen LogP contribution is -2.41. The van der Waals surface area contributed by atoms with Gasteiger partial charge in [0.1, 0.15) is 0 Å². The number of benzene rings is 7. The molecule has 1 aliphatic heterocycles. The van der Waals surface area contributed by atoms with Gasteiger partial charge in [0.15, 0.2) is 0 Å². The monoisotopic (exact) mass is 638 g/mol.